The Bertz CT molecular complexity index is 1210. The monoisotopic (exact) mass is 508 g/mol. The molecule has 2 atom stereocenters. The van der Waals surface area contributed by atoms with Gasteiger partial charge >= 0.3 is 0 Å². The Morgan fingerprint density at radius 2 is 1.86 bits per heavy atom. The van der Waals surface area contributed by atoms with Crippen molar-refractivity contribution >= 4 is 11.8 Å². The van der Waals surface area contributed by atoms with Crippen LogP contribution < -0.4 is 5.32 Å². The number of nitrogens with one attached hydrogen (secondary N) is 1. The normalized spacial score (nSPS) is 16.4. The first-order chi connectivity index (χ1) is 17.6. The number of amides is 2. The number of hydrogen-bond donors (Lipinski definition) is 1. The number of tetrazole rings is 1. The van der Waals surface area contributed by atoms with Crippen LogP contribution in [-0.4, -0.2) is 61.7 Å². The number of ether oxygens (including phenoxy) is 1. The van der Waals surface area contributed by atoms with Gasteiger partial charge in [-0.2, -0.15) is 4.80 Å². The maximum Gasteiger partial charge on any atom is 0.247 e. The van der Waals surface area contributed by atoms with E-state index < -0.39 is 11.6 Å². The fourth-order valence-corrected chi connectivity index (χ4v) is 4.26. The molecular formula is C27H33FN6O3. The molecule has 196 valence electrons. The molecule has 37 heavy (non-hydrogen) atoms. The summed E-state index contributed by atoms with van der Waals surface area (Å²) >= 11 is 0. The molecule has 4 rings (SSSR count). The quantitative estimate of drug-likeness (QED) is 0.500. The van der Waals surface area contributed by atoms with Crippen molar-refractivity contribution in [2.24, 2.45) is 0 Å². The minimum atomic E-state index is -0.864. The lowest BCUT2D eigenvalue weighted by molar-refractivity contribution is -0.144. The second-order valence-electron chi connectivity index (χ2n) is 10.4. The first kappa shape index (κ1) is 26.4. The molecule has 9 nitrogen and oxygen atoms in total. The van der Waals surface area contributed by atoms with Crippen LogP contribution in [0.3, 0.4) is 0 Å². The lowest BCUT2D eigenvalue weighted by Crippen LogP contribution is -2.51. The molecule has 0 aliphatic carbocycles. The van der Waals surface area contributed by atoms with E-state index in [1.54, 1.807) is 17.0 Å². The molecule has 0 saturated carbocycles. The number of nitrogens with zero attached hydrogens (tertiary/aromatic N) is 5. The summed E-state index contributed by atoms with van der Waals surface area (Å²) in [6.07, 6.45) is 1.54. The maximum atomic E-state index is 13.8. The highest BCUT2D eigenvalue weighted by atomic mass is 19.1. The average Bonchev–Trinajstić information content (AvgIpc) is 3.51. The molecule has 0 spiro atoms. The molecule has 2 amide bonds. The van der Waals surface area contributed by atoms with Gasteiger partial charge in [0.15, 0.2) is 0 Å². The first-order valence-electron chi connectivity index (χ1n) is 12.4. The summed E-state index contributed by atoms with van der Waals surface area (Å²) < 4.78 is 19.1. The molecule has 1 N–H and O–H groups in total. The summed E-state index contributed by atoms with van der Waals surface area (Å²) in [4.78, 5) is 30.1. The molecule has 1 aliphatic heterocycles. The minimum Gasteiger partial charge on any atom is -0.376 e. The summed E-state index contributed by atoms with van der Waals surface area (Å²) in [5.74, 6) is -0.708. The highest BCUT2D eigenvalue weighted by Crippen LogP contribution is 2.26. The summed E-state index contributed by atoms with van der Waals surface area (Å²) in [6, 6.07) is 12.5. The molecule has 1 saturated heterocycles. The van der Waals surface area contributed by atoms with E-state index in [4.69, 9.17) is 4.74 Å². The maximum absolute atomic E-state index is 13.8. The second kappa shape index (κ2) is 11.2. The van der Waals surface area contributed by atoms with Crippen molar-refractivity contribution < 1.29 is 18.7 Å². The van der Waals surface area contributed by atoms with Crippen LogP contribution in [0, 0.1) is 12.7 Å². The number of carbonyl (C=O) groups is 2. The van der Waals surface area contributed by atoms with E-state index in [0.29, 0.717) is 17.7 Å². The zero-order valence-electron chi connectivity index (χ0n) is 21.6. The van der Waals surface area contributed by atoms with Gasteiger partial charge in [0.2, 0.25) is 17.6 Å². The molecule has 1 fully saturated rings. The van der Waals surface area contributed by atoms with E-state index in [1.807, 2.05) is 52.0 Å². The van der Waals surface area contributed by atoms with Crippen molar-refractivity contribution in [3.8, 4) is 11.4 Å². The van der Waals surface area contributed by atoms with Gasteiger partial charge in [-0.15, -0.1) is 10.2 Å². The van der Waals surface area contributed by atoms with Crippen LogP contribution in [0.25, 0.3) is 11.4 Å². The van der Waals surface area contributed by atoms with E-state index in [2.05, 4.69) is 20.7 Å². The predicted octanol–water partition coefficient (Wildman–Crippen LogP) is 3.45. The van der Waals surface area contributed by atoms with Crippen LogP contribution in [-0.2, 0) is 20.9 Å². The third-order valence-corrected chi connectivity index (χ3v) is 6.03. The summed E-state index contributed by atoms with van der Waals surface area (Å²) in [7, 11) is 0. The van der Waals surface area contributed by atoms with Gasteiger partial charge in [0.05, 0.1) is 6.10 Å². The average molecular weight is 509 g/mol. The molecule has 0 bridgehead atoms. The molecule has 0 radical (unpaired) electrons. The van der Waals surface area contributed by atoms with E-state index in [9.17, 15) is 14.0 Å². The Hall–Kier alpha value is -3.66. The highest BCUT2D eigenvalue weighted by Gasteiger charge is 2.35. The number of aromatic nitrogens is 4. The number of benzene rings is 2. The van der Waals surface area contributed by atoms with Crippen molar-refractivity contribution in [2.75, 3.05) is 13.2 Å². The van der Waals surface area contributed by atoms with Gasteiger partial charge in [0, 0.05) is 24.3 Å². The lowest BCUT2D eigenvalue weighted by Gasteiger charge is -2.35. The van der Waals surface area contributed by atoms with Gasteiger partial charge in [-0.1, -0.05) is 29.8 Å². The van der Waals surface area contributed by atoms with E-state index in [0.717, 1.165) is 18.4 Å². The Morgan fingerprint density at radius 3 is 2.49 bits per heavy atom. The number of aryl methyl sites for hydroxylation is 1. The van der Waals surface area contributed by atoms with E-state index >= 15 is 0 Å². The van der Waals surface area contributed by atoms with Gasteiger partial charge in [-0.25, -0.2) is 4.39 Å². The fraction of sp³-hybridized carbons (Fsp3) is 0.444. The van der Waals surface area contributed by atoms with Crippen molar-refractivity contribution in [2.45, 2.75) is 64.8 Å². The van der Waals surface area contributed by atoms with Gasteiger partial charge in [0.25, 0.3) is 0 Å². The Balaban J connectivity index is 1.64. The zero-order chi connectivity index (χ0) is 26.6. The fourth-order valence-electron chi connectivity index (χ4n) is 4.26. The summed E-state index contributed by atoms with van der Waals surface area (Å²) in [5.41, 5.74) is 1.85. The first-order valence-corrected chi connectivity index (χ1v) is 12.4. The van der Waals surface area contributed by atoms with E-state index in [1.165, 1.54) is 16.9 Å². The summed E-state index contributed by atoms with van der Waals surface area (Å²) in [5, 5.41) is 15.4. The second-order valence-corrected chi connectivity index (χ2v) is 10.4. The number of halogens is 1. The number of carbonyl (C=O) groups excluding carboxylic acids is 2. The van der Waals surface area contributed by atoms with Crippen LogP contribution in [0.2, 0.25) is 0 Å². The van der Waals surface area contributed by atoms with Crippen molar-refractivity contribution in [1.29, 1.82) is 0 Å². The van der Waals surface area contributed by atoms with Crippen molar-refractivity contribution in [1.82, 2.24) is 30.4 Å². The highest BCUT2D eigenvalue weighted by molar-refractivity contribution is 5.89. The molecule has 1 aromatic heterocycles. The smallest absolute Gasteiger partial charge is 0.247 e. The van der Waals surface area contributed by atoms with Crippen LogP contribution in [0.5, 0.6) is 0 Å². The Labute approximate surface area is 216 Å². The Morgan fingerprint density at radius 1 is 1.16 bits per heavy atom. The molecule has 1 aliphatic rings. The molecule has 0 unspecified atom stereocenters. The molecule has 2 heterocycles. The molecule has 10 heteroatoms. The zero-order valence-corrected chi connectivity index (χ0v) is 21.6. The SMILES string of the molecule is Cc1ccc([C@@H](C(=O)NC(C)(C)C)N(C[C@@H]2CCCO2)C(=O)Cn2nnc(-c3ccc(F)cc3)n2)cc1. The molecular weight excluding hydrogens is 475 g/mol. The Kier molecular flexibility index (Phi) is 7.97. The molecule has 2 aromatic carbocycles. The van der Waals surface area contributed by atoms with Crippen molar-refractivity contribution in [3.63, 3.8) is 0 Å². The lowest BCUT2D eigenvalue weighted by atomic mass is 10.00. The molecule has 3 aromatic rings. The number of rotatable bonds is 8. The van der Waals surface area contributed by atoms with Crippen LogP contribution in [0.15, 0.2) is 48.5 Å². The van der Waals surface area contributed by atoms with Gasteiger partial charge < -0.3 is 15.0 Å². The third-order valence-electron chi connectivity index (χ3n) is 6.03. The van der Waals surface area contributed by atoms with E-state index in [-0.39, 0.29) is 42.6 Å². The van der Waals surface area contributed by atoms with Gasteiger partial charge in [0.1, 0.15) is 18.4 Å². The van der Waals surface area contributed by atoms with Gasteiger partial charge in [-0.3, -0.25) is 9.59 Å². The third kappa shape index (κ3) is 6.97. The number of hydrogen-bond acceptors (Lipinski definition) is 6. The van der Waals surface area contributed by atoms with Crippen molar-refractivity contribution in [3.05, 3.63) is 65.5 Å². The summed E-state index contributed by atoms with van der Waals surface area (Å²) in [6.45, 7) is 8.35. The van der Waals surface area contributed by atoms with Gasteiger partial charge in [-0.05, 0) is 75.6 Å². The van der Waals surface area contributed by atoms with Crippen LogP contribution >= 0.6 is 0 Å². The van der Waals surface area contributed by atoms with Crippen LogP contribution in [0.1, 0.15) is 50.8 Å². The standard InChI is InChI=1S/C27H33FN6O3/c1-18-7-9-19(10-8-18)24(26(36)29-27(2,3)4)33(16-22-6-5-15-37-22)23(35)17-34-31-25(30-32-34)20-11-13-21(28)14-12-20/h7-14,22,24H,5-6,15-17H2,1-4H3,(H,29,36)/t22-,24-/m0/s1. The predicted molar refractivity (Wildman–Crippen MR) is 136 cm³/mol. The van der Waals surface area contributed by atoms with Crippen LogP contribution in [0.4, 0.5) is 4.39 Å². The largest absolute Gasteiger partial charge is 0.376 e. The minimum absolute atomic E-state index is 0.169. The topological polar surface area (TPSA) is 102 Å².